The fraction of sp³-hybridized carbons (Fsp3) is 0.300. The maximum atomic E-state index is 5.67. The molecule has 78 valence electrons. The molecule has 5 heteroatoms. The van der Waals surface area contributed by atoms with E-state index in [1.807, 2.05) is 25.1 Å². The summed E-state index contributed by atoms with van der Waals surface area (Å²) in [6, 6.07) is 5.66. The Morgan fingerprint density at radius 2 is 2.27 bits per heavy atom. The fourth-order valence-electron chi connectivity index (χ4n) is 1.25. The van der Waals surface area contributed by atoms with Gasteiger partial charge >= 0.3 is 0 Å². The lowest BCUT2D eigenvalue weighted by Gasteiger charge is -1.99. The van der Waals surface area contributed by atoms with Gasteiger partial charge in [0, 0.05) is 6.20 Å². The van der Waals surface area contributed by atoms with Gasteiger partial charge < -0.3 is 5.73 Å². The highest BCUT2D eigenvalue weighted by atomic mass is 15.3. The number of hydrogen-bond acceptors (Lipinski definition) is 4. The number of hydrogen-bond donors (Lipinski definition) is 1. The zero-order valence-corrected chi connectivity index (χ0v) is 8.54. The summed E-state index contributed by atoms with van der Waals surface area (Å²) in [6.07, 6.45) is 3.44. The van der Waals surface area contributed by atoms with Crippen LogP contribution in [0, 0.1) is 0 Å². The molecular weight excluding hydrogens is 190 g/mol. The molecule has 0 aliphatic heterocycles. The van der Waals surface area contributed by atoms with Gasteiger partial charge in [-0.1, -0.05) is 6.07 Å². The van der Waals surface area contributed by atoms with E-state index in [0.29, 0.717) is 12.4 Å². The number of pyridine rings is 1. The molecule has 1 atom stereocenters. The lowest BCUT2D eigenvalue weighted by molar-refractivity contribution is 0.640. The van der Waals surface area contributed by atoms with Crippen molar-refractivity contribution in [2.24, 2.45) is 5.73 Å². The SMILES string of the molecule is CC(N)c1ncn(Cc2ccccn2)n1. The summed E-state index contributed by atoms with van der Waals surface area (Å²) in [5.41, 5.74) is 6.62. The van der Waals surface area contributed by atoms with Gasteiger partial charge in [0.15, 0.2) is 5.82 Å². The minimum Gasteiger partial charge on any atom is -0.321 e. The maximum Gasteiger partial charge on any atom is 0.166 e. The van der Waals surface area contributed by atoms with E-state index >= 15 is 0 Å². The number of nitrogens with zero attached hydrogens (tertiary/aromatic N) is 4. The van der Waals surface area contributed by atoms with E-state index in [1.165, 1.54) is 0 Å². The first-order valence-corrected chi connectivity index (χ1v) is 4.80. The smallest absolute Gasteiger partial charge is 0.166 e. The topological polar surface area (TPSA) is 69.6 Å². The Kier molecular flexibility index (Phi) is 2.73. The van der Waals surface area contributed by atoms with Crippen molar-refractivity contribution in [3.63, 3.8) is 0 Å². The molecule has 0 aromatic carbocycles. The second-order valence-corrected chi connectivity index (χ2v) is 3.41. The van der Waals surface area contributed by atoms with E-state index in [0.717, 1.165) is 5.69 Å². The molecule has 0 aliphatic carbocycles. The summed E-state index contributed by atoms with van der Waals surface area (Å²) in [5.74, 6) is 0.658. The molecule has 0 fully saturated rings. The van der Waals surface area contributed by atoms with Gasteiger partial charge in [0.1, 0.15) is 6.33 Å². The summed E-state index contributed by atoms with van der Waals surface area (Å²) >= 11 is 0. The van der Waals surface area contributed by atoms with Crippen LogP contribution in [0.5, 0.6) is 0 Å². The average Bonchev–Trinajstić information content (AvgIpc) is 2.68. The van der Waals surface area contributed by atoms with E-state index in [-0.39, 0.29) is 6.04 Å². The lowest BCUT2D eigenvalue weighted by atomic mass is 10.3. The first kappa shape index (κ1) is 9.79. The molecule has 2 heterocycles. The van der Waals surface area contributed by atoms with Gasteiger partial charge in [-0.05, 0) is 19.1 Å². The Morgan fingerprint density at radius 3 is 2.87 bits per heavy atom. The van der Waals surface area contributed by atoms with Crippen molar-refractivity contribution >= 4 is 0 Å². The molecule has 1 unspecified atom stereocenters. The van der Waals surface area contributed by atoms with Crippen molar-refractivity contribution < 1.29 is 0 Å². The molecule has 0 saturated heterocycles. The minimum absolute atomic E-state index is 0.130. The standard InChI is InChI=1S/C10H13N5/c1-8(11)10-13-7-15(14-10)6-9-4-2-3-5-12-9/h2-5,7-8H,6,11H2,1H3. The Bertz CT molecular complexity index is 420. The zero-order valence-electron chi connectivity index (χ0n) is 8.54. The van der Waals surface area contributed by atoms with E-state index in [4.69, 9.17) is 5.73 Å². The Morgan fingerprint density at radius 1 is 1.40 bits per heavy atom. The van der Waals surface area contributed by atoms with Crippen LogP contribution in [0.25, 0.3) is 0 Å². The van der Waals surface area contributed by atoms with Gasteiger partial charge in [0.2, 0.25) is 0 Å². The molecule has 0 spiro atoms. The summed E-state index contributed by atoms with van der Waals surface area (Å²) in [7, 11) is 0. The summed E-state index contributed by atoms with van der Waals surface area (Å²) in [6.45, 7) is 2.49. The third-order valence-corrected chi connectivity index (χ3v) is 2.01. The third-order valence-electron chi connectivity index (χ3n) is 2.01. The van der Waals surface area contributed by atoms with E-state index in [2.05, 4.69) is 15.1 Å². The molecule has 5 nitrogen and oxygen atoms in total. The molecular formula is C10H13N5. The molecule has 0 amide bonds. The summed E-state index contributed by atoms with van der Waals surface area (Å²) in [5, 5.41) is 4.25. The number of rotatable bonds is 3. The fourth-order valence-corrected chi connectivity index (χ4v) is 1.25. The predicted octanol–water partition coefficient (Wildman–Crippen LogP) is 0.741. The van der Waals surface area contributed by atoms with Crippen molar-refractivity contribution in [3.8, 4) is 0 Å². The minimum atomic E-state index is -0.130. The monoisotopic (exact) mass is 203 g/mol. The predicted molar refractivity (Wildman–Crippen MR) is 56.0 cm³/mol. The largest absolute Gasteiger partial charge is 0.321 e. The highest BCUT2D eigenvalue weighted by molar-refractivity contribution is 5.03. The third kappa shape index (κ3) is 2.38. The molecule has 2 N–H and O–H groups in total. The van der Waals surface area contributed by atoms with Crippen molar-refractivity contribution in [3.05, 3.63) is 42.2 Å². The van der Waals surface area contributed by atoms with Gasteiger partial charge in [-0.3, -0.25) is 4.98 Å². The Balaban J connectivity index is 2.12. The van der Waals surface area contributed by atoms with Crippen LogP contribution in [-0.2, 0) is 6.54 Å². The maximum absolute atomic E-state index is 5.67. The summed E-state index contributed by atoms with van der Waals surface area (Å²) in [4.78, 5) is 8.32. The van der Waals surface area contributed by atoms with Gasteiger partial charge in [-0.2, -0.15) is 5.10 Å². The van der Waals surface area contributed by atoms with Crippen LogP contribution < -0.4 is 5.73 Å². The zero-order chi connectivity index (χ0) is 10.7. The molecule has 0 bridgehead atoms. The number of nitrogens with two attached hydrogens (primary N) is 1. The van der Waals surface area contributed by atoms with E-state index < -0.39 is 0 Å². The van der Waals surface area contributed by atoms with Gasteiger partial charge in [0.25, 0.3) is 0 Å². The molecule has 0 saturated carbocycles. The van der Waals surface area contributed by atoms with Crippen molar-refractivity contribution in [2.45, 2.75) is 19.5 Å². The molecule has 0 aliphatic rings. The molecule has 2 rings (SSSR count). The van der Waals surface area contributed by atoms with Crippen LogP contribution in [0.3, 0.4) is 0 Å². The normalized spacial score (nSPS) is 12.7. The molecule has 15 heavy (non-hydrogen) atoms. The molecule has 2 aromatic heterocycles. The average molecular weight is 203 g/mol. The second kappa shape index (κ2) is 4.18. The Hall–Kier alpha value is -1.75. The lowest BCUT2D eigenvalue weighted by Crippen LogP contribution is -2.09. The van der Waals surface area contributed by atoms with Crippen LogP contribution in [0.4, 0.5) is 0 Å². The van der Waals surface area contributed by atoms with Crippen LogP contribution in [0.2, 0.25) is 0 Å². The molecule has 2 aromatic rings. The van der Waals surface area contributed by atoms with Crippen LogP contribution in [0.15, 0.2) is 30.7 Å². The highest BCUT2D eigenvalue weighted by Gasteiger charge is 2.05. The van der Waals surface area contributed by atoms with Crippen molar-refractivity contribution in [1.82, 2.24) is 19.7 Å². The van der Waals surface area contributed by atoms with Gasteiger partial charge in [-0.25, -0.2) is 9.67 Å². The second-order valence-electron chi connectivity index (χ2n) is 3.41. The highest BCUT2D eigenvalue weighted by Crippen LogP contribution is 2.02. The first-order chi connectivity index (χ1) is 7.25. The van der Waals surface area contributed by atoms with Crippen LogP contribution >= 0.6 is 0 Å². The van der Waals surface area contributed by atoms with Crippen LogP contribution in [0.1, 0.15) is 24.5 Å². The Labute approximate surface area is 88.0 Å². The van der Waals surface area contributed by atoms with Gasteiger partial charge in [-0.15, -0.1) is 0 Å². The quantitative estimate of drug-likeness (QED) is 0.798. The number of aromatic nitrogens is 4. The van der Waals surface area contributed by atoms with Crippen molar-refractivity contribution in [2.75, 3.05) is 0 Å². The van der Waals surface area contributed by atoms with Crippen LogP contribution in [-0.4, -0.2) is 19.7 Å². The van der Waals surface area contributed by atoms with Gasteiger partial charge in [0.05, 0.1) is 18.3 Å². The first-order valence-electron chi connectivity index (χ1n) is 4.80. The summed E-state index contributed by atoms with van der Waals surface area (Å²) < 4.78 is 1.74. The van der Waals surface area contributed by atoms with E-state index in [9.17, 15) is 0 Å². The van der Waals surface area contributed by atoms with Crippen molar-refractivity contribution in [1.29, 1.82) is 0 Å². The van der Waals surface area contributed by atoms with E-state index in [1.54, 1.807) is 17.2 Å². The molecule has 0 radical (unpaired) electrons.